The van der Waals surface area contributed by atoms with Crippen molar-refractivity contribution in [3.8, 4) is 0 Å². The fraction of sp³-hybridized carbons (Fsp3) is 0.222. The molecule has 78 valence electrons. The normalized spacial score (nSPS) is 9.43. The summed E-state index contributed by atoms with van der Waals surface area (Å²) in [6.45, 7) is 0. The van der Waals surface area contributed by atoms with Gasteiger partial charge in [-0.25, -0.2) is 8.78 Å². The molecule has 0 aliphatic rings. The van der Waals surface area contributed by atoms with Crippen LogP contribution in [-0.4, -0.2) is 11.1 Å². The molecule has 0 N–H and O–H groups in total. The second-order valence-corrected chi connectivity index (χ2v) is 4.00. The molecule has 0 aromatic heterocycles. The Labute approximate surface area is 103 Å². The van der Waals surface area contributed by atoms with Crippen molar-refractivity contribution in [1.82, 2.24) is 0 Å². The van der Waals surface area contributed by atoms with Crippen LogP contribution in [0.2, 0.25) is 0 Å². The van der Waals surface area contributed by atoms with E-state index < -0.39 is 23.0 Å². The molecule has 0 unspecified atom stereocenters. The molecular weight excluding hydrogens is 369 g/mol. The third-order valence-electron chi connectivity index (χ3n) is 1.44. The highest BCUT2D eigenvalue weighted by Gasteiger charge is 2.18. The highest BCUT2D eigenvalue weighted by Crippen LogP contribution is 2.19. The summed E-state index contributed by atoms with van der Waals surface area (Å²) < 4.78 is 26.4. The van der Waals surface area contributed by atoms with E-state index in [-0.39, 0.29) is 16.3 Å². The van der Waals surface area contributed by atoms with Crippen LogP contribution in [0.15, 0.2) is 12.1 Å². The van der Waals surface area contributed by atoms with Crippen LogP contribution in [0.1, 0.15) is 17.8 Å². The monoisotopic (exact) mass is 376 g/mol. The number of halogens is 4. The Morgan fingerprint density at radius 2 is 2.00 bits per heavy atom. The minimum Gasteiger partial charge on any atom is -0.293 e. The van der Waals surface area contributed by atoms with Crippen molar-refractivity contribution < 1.29 is 13.6 Å². The van der Waals surface area contributed by atoms with E-state index in [0.717, 1.165) is 6.07 Å². The number of Topliss-reactive ketones (excluding diaryl/α,β-unsaturated/α-hetero) is 1. The first kappa shape index (κ1) is 14.0. The number of rotatable bonds is 2. The van der Waals surface area contributed by atoms with Gasteiger partial charge in [-0.1, -0.05) is 23.4 Å². The minimum absolute atomic E-state index is 0. The molecule has 0 fully saturated rings. The molecule has 0 saturated heterocycles. The summed E-state index contributed by atoms with van der Waals surface area (Å²) in [4.78, 5) is 11.1. The van der Waals surface area contributed by atoms with E-state index in [2.05, 4.69) is 15.9 Å². The molecule has 1 aromatic rings. The molecule has 14 heavy (non-hydrogen) atoms. The van der Waals surface area contributed by atoms with Gasteiger partial charge in [0.05, 0.1) is 10.9 Å². The number of carbonyl (C=O) groups excluding carboxylic acids is 1. The van der Waals surface area contributed by atoms with E-state index in [1.807, 2.05) is 0 Å². The van der Waals surface area contributed by atoms with Gasteiger partial charge in [0.1, 0.15) is 11.6 Å². The molecule has 0 spiro atoms. The van der Waals surface area contributed by atoms with Gasteiger partial charge in [-0.15, -0.1) is 0 Å². The van der Waals surface area contributed by atoms with Crippen LogP contribution >= 0.6 is 38.5 Å². The van der Waals surface area contributed by atoms with Crippen molar-refractivity contribution in [1.29, 1.82) is 0 Å². The Kier molecular flexibility index (Phi) is 5.73. The average molecular weight is 377 g/mol. The minimum atomic E-state index is -0.817. The number of alkyl halides is 1. The van der Waals surface area contributed by atoms with Crippen LogP contribution in [0.4, 0.5) is 8.78 Å². The lowest BCUT2D eigenvalue weighted by molar-refractivity contribution is 0.101. The van der Waals surface area contributed by atoms with Gasteiger partial charge in [0, 0.05) is 3.57 Å². The van der Waals surface area contributed by atoms with E-state index in [1.165, 1.54) is 6.07 Å². The van der Waals surface area contributed by atoms with Crippen LogP contribution in [0.5, 0.6) is 0 Å². The van der Waals surface area contributed by atoms with Crippen molar-refractivity contribution in [3.63, 3.8) is 0 Å². The van der Waals surface area contributed by atoms with Gasteiger partial charge in [-0.3, -0.25) is 4.79 Å². The lowest BCUT2D eigenvalue weighted by atomic mass is 10.1. The number of carbonyl (C=O) groups is 1. The van der Waals surface area contributed by atoms with E-state index in [1.54, 1.807) is 22.6 Å². The molecule has 1 rings (SSSR count). The predicted octanol–water partition coefficient (Wildman–Crippen LogP) is 3.78. The van der Waals surface area contributed by atoms with Gasteiger partial charge in [-0.05, 0) is 34.7 Å². The zero-order valence-corrected chi connectivity index (χ0v) is 10.0. The molecule has 0 saturated carbocycles. The first-order chi connectivity index (χ1) is 6.07. The summed E-state index contributed by atoms with van der Waals surface area (Å²) in [7, 11) is 0. The molecule has 0 aliphatic heterocycles. The Balaban J connectivity index is 0.00000169. The highest BCUT2D eigenvalue weighted by molar-refractivity contribution is 14.1. The summed E-state index contributed by atoms with van der Waals surface area (Å²) in [6, 6.07) is 2.37. The SMILES string of the molecule is C.O=C(CBr)c1c(F)ccc(I)c1F. The molecule has 0 aliphatic carbocycles. The van der Waals surface area contributed by atoms with Crippen molar-refractivity contribution in [2.24, 2.45) is 0 Å². The molecule has 0 amide bonds. The van der Waals surface area contributed by atoms with E-state index in [4.69, 9.17) is 0 Å². The van der Waals surface area contributed by atoms with Crippen LogP contribution in [0, 0.1) is 15.2 Å². The average Bonchev–Trinajstić information content (AvgIpc) is 2.12. The molecular formula is C9H8BrF2IO. The van der Waals surface area contributed by atoms with Crippen LogP contribution in [-0.2, 0) is 0 Å². The van der Waals surface area contributed by atoms with E-state index in [9.17, 15) is 13.6 Å². The summed E-state index contributed by atoms with van der Waals surface area (Å²) in [6.07, 6.45) is 0. The number of hydrogen-bond donors (Lipinski definition) is 0. The van der Waals surface area contributed by atoms with Gasteiger partial charge < -0.3 is 0 Å². The lowest BCUT2D eigenvalue weighted by Gasteiger charge is -2.02. The van der Waals surface area contributed by atoms with Gasteiger partial charge in [0.25, 0.3) is 0 Å². The zero-order valence-electron chi connectivity index (χ0n) is 6.28. The Morgan fingerprint density at radius 3 is 2.50 bits per heavy atom. The van der Waals surface area contributed by atoms with E-state index >= 15 is 0 Å². The first-order valence-electron chi connectivity index (χ1n) is 3.30. The largest absolute Gasteiger partial charge is 0.293 e. The molecule has 5 heteroatoms. The quantitative estimate of drug-likeness (QED) is 0.332. The maximum Gasteiger partial charge on any atom is 0.179 e. The molecule has 0 bridgehead atoms. The number of benzene rings is 1. The van der Waals surface area contributed by atoms with Crippen LogP contribution in [0.25, 0.3) is 0 Å². The molecule has 1 nitrogen and oxygen atoms in total. The molecule has 0 atom stereocenters. The maximum absolute atomic E-state index is 13.2. The summed E-state index contributed by atoms with van der Waals surface area (Å²) in [5, 5.41) is -0.0824. The summed E-state index contributed by atoms with van der Waals surface area (Å²) >= 11 is 4.57. The predicted molar refractivity (Wildman–Crippen MR) is 63.9 cm³/mol. The van der Waals surface area contributed by atoms with Crippen molar-refractivity contribution in [3.05, 3.63) is 32.9 Å². The van der Waals surface area contributed by atoms with Gasteiger partial charge >= 0.3 is 0 Å². The van der Waals surface area contributed by atoms with Crippen LogP contribution < -0.4 is 0 Å². The molecule has 0 radical (unpaired) electrons. The smallest absolute Gasteiger partial charge is 0.179 e. The Bertz CT molecular complexity index is 355. The van der Waals surface area contributed by atoms with Gasteiger partial charge in [0.2, 0.25) is 0 Å². The van der Waals surface area contributed by atoms with Crippen LogP contribution in [0.3, 0.4) is 0 Å². The van der Waals surface area contributed by atoms with Gasteiger partial charge in [0.15, 0.2) is 5.78 Å². The fourth-order valence-electron chi connectivity index (χ4n) is 0.849. The Morgan fingerprint density at radius 1 is 1.43 bits per heavy atom. The van der Waals surface area contributed by atoms with E-state index in [0.29, 0.717) is 0 Å². The second-order valence-electron chi connectivity index (χ2n) is 2.27. The highest BCUT2D eigenvalue weighted by atomic mass is 127. The van der Waals surface area contributed by atoms with Crippen molar-refractivity contribution >= 4 is 44.3 Å². The zero-order chi connectivity index (χ0) is 10.0. The summed E-state index contributed by atoms with van der Waals surface area (Å²) in [5.41, 5.74) is -0.469. The van der Waals surface area contributed by atoms with Crippen molar-refractivity contribution in [2.45, 2.75) is 7.43 Å². The number of hydrogen-bond acceptors (Lipinski definition) is 1. The van der Waals surface area contributed by atoms with Gasteiger partial charge in [-0.2, -0.15) is 0 Å². The molecule has 0 heterocycles. The summed E-state index contributed by atoms with van der Waals surface area (Å²) in [5.74, 6) is -2.19. The standard InChI is InChI=1S/C8H4BrF2IO.CH4/c9-3-6(13)7-4(10)1-2-5(12)8(7)11;/h1-2H,3H2;1H4. The number of ketones is 1. The molecule has 1 aromatic carbocycles. The fourth-order valence-corrected chi connectivity index (χ4v) is 1.58. The topological polar surface area (TPSA) is 17.1 Å². The Hall–Kier alpha value is -0.0400. The second kappa shape index (κ2) is 5.75. The maximum atomic E-state index is 13.2. The van der Waals surface area contributed by atoms with Crippen molar-refractivity contribution in [2.75, 3.05) is 5.33 Å². The first-order valence-corrected chi connectivity index (χ1v) is 5.50. The third kappa shape index (κ3) is 2.73. The third-order valence-corrected chi connectivity index (χ3v) is 2.79. The lowest BCUT2D eigenvalue weighted by Crippen LogP contribution is -2.08.